The molecule has 16 atom stereocenters. The number of nitrogens with one attached hydrogen (secondary N) is 11. The maximum Gasteiger partial charge on any atom is 0.407 e. The van der Waals surface area contributed by atoms with Crippen LogP contribution in [0.3, 0.4) is 0 Å². The summed E-state index contributed by atoms with van der Waals surface area (Å²) in [6.07, 6.45) is -12.3. The Morgan fingerprint density at radius 2 is 1.14 bits per heavy atom. The average Bonchev–Trinajstić information content (AvgIpc) is 0.757. The Morgan fingerprint density at radius 3 is 1.74 bits per heavy atom. The Bertz CT molecular complexity index is 5200. The van der Waals surface area contributed by atoms with Crippen molar-refractivity contribution in [2.24, 2.45) is 29.6 Å². The summed E-state index contributed by atoms with van der Waals surface area (Å²) >= 11 is 14.4. The molecule has 17 rings (SSSR count). The molecule has 650 valence electrons. The smallest absolute Gasteiger partial charge is 0.407 e. The third-order valence-corrected chi connectivity index (χ3v) is 24.3. The van der Waals surface area contributed by atoms with Gasteiger partial charge in [-0.1, -0.05) is 116 Å². The van der Waals surface area contributed by atoms with Crippen LogP contribution in [0.5, 0.6) is 46.0 Å². The third kappa shape index (κ3) is 19.3. The number of carbonyl (C=O) groups is 10. The number of fused-ring (bicyclic) bond motifs is 15. The summed E-state index contributed by atoms with van der Waals surface area (Å²) in [5.41, 5.74) is -0.988. The van der Waals surface area contributed by atoms with E-state index in [-0.39, 0.29) is 68.3 Å². The van der Waals surface area contributed by atoms with E-state index in [4.69, 9.17) is 46.9 Å². The summed E-state index contributed by atoms with van der Waals surface area (Å²) in [5.74, 6) is -13.8. The number of aliphatic hydroxyl groups is 5. The number of hydrogen-bond acceptors (Lipinski definition) is 24. The molecule has 4 aliphatic carbocycles. The number of phenols is 3. The molecule has 4 saturated carbocycles. The number of halogens is 2. The number of aromatic hydroxyl groups is 3. The first-order chi connectivity index (χ1) is 58.7. The van der Waals surface area contributed by atoms with E-state index in [2.05, 4.69) is 58.5 Å². The second-order valence-electron chi connectivity index (χ2n) is 32.7. The van der Waals surface area contributed by atoms with Crippen molar-refractivity contribution in [2.45, 2.75) is 176 Å². The fourth-order valence-corrected chi connectivity index (χ4v) is 18.0. The fraction of sp³-hybridized carbons (Fsp3) is 0.402. The van der Waals surface area contributed by atoms with Crippen LogP contribution in [0.25, 0.3) is 11.1 Å². The van der Waals surface area contributed by atoms with E-state index in [9.17, 15) is 60.0 Å². The molecular weight excluding hydrogens is 1640 g/mol. The Morgan fingerprint density at radius 1 is 0.561 bits per heavy atom. The van der Waals surface area contributed by atoms with Crippen molar-refractivity contribution in [1.82, 2.24) is 58.5 Å². The quantitative estimate of drug-likeness (QED) is 0.0474. The molecule has 6 heterocycles. The predicted molar refractivity (Wildman–Crippen MR) is 439 cm³/mol. The summed E-state index contributed by atoms with van der Waals surface area (Å²) in [5, 5.41) is 124. The van der Waals surface area contributed by atoms with E-state index >= 15 is 28.8 Å². The van der Waals surface area contributed by atoms with Crippen molar-refractivity contribution in [1.29, 1.82) is 0 Å². The number of ether oxygens (including phenoxy) is 5. The fourth-order valence-electron chi connectivity index (χ4n) is 17.6. The van der Waals surface area contributed by atoms with Crippen molar-refractivity contribution in [3.8, 4) is 57.1 Å². The second kappa shape index (κ2) is 37.1. The average molecular weight is 1730 g/mol. The highest BCUT2D eigenvalue weighted by Gasteiger charge is 2.51. The molecule has 0 aromatic heterocycles. The number of amides is 11. The maximum atomic E-state index is 16.6. The lowest BCUT2D eigenvalue weighted by Crippen LogP contribution is -2.60. The predicted octanol–water partition coefficient (Wildman–Crippen LogP) is 6.32. The number of carbonyl (C=O) groups excluding carboxylic acids is 10. The molecule has 7 aromatic carbocycles. The lowest BCUT2D eigenvalue weighted by atomic mass is 9.54. The van der Waals surface area contributed by atoms with Crippen molar-refractivity contribution >= 4 is 82.6 Å². The number of rotatable bonds is 17. The zero-order chi connectivity index (χ0) is 87.7. The summed E-state index contributed by atoms with van der Waals surface area (Å²) in [4.78, 5) is 151. The number of aliphatic hydroxyl groups excluding tert-OH is 5. The van der Waals surface area contributed by atoms with Crippen LogP contribution in [-0.4, -0.2) is 175 Å². The Balaban J connectivity index is 0.938. The van der Waals surface area contributed by atoms with Gasteiger partial charge >= 0.3 is 12.1 Å². The SMILES string of the molecule is CN[C@H](CC(C)C)C(=O)NC1C(=O)NC(CC(=O)NC(=O)N[C@@H](C)c2ccccc2)C(=O)NC2C(=O)N[C@H]3C(=O)N[C@H](C(=O)N[C@@H](C(=O)NC4C5CC6CC(C5)CC4C6)c4cc(O)cc(O)c4-c4cc3ccc4O)[C@H](O)c3ccc(c(Cl)c3)Oc3cc2cc(c3O[C@H]2O[C@H](COC(=O)N[C@@H](C)c3ccccc3)[C@@H](O)[C@H](O)[C@H]2O)Oc2ccc(cc2Cl)[C@H]1O. The van der Waals surface area contributed by atoms with Gasteiger partial charge in [0, 0.05) is 23.2 Å². The first-order valence-corrected chi connectivity index (χ1v) is 41.2. The molecule has 1 saturated heterocycles. The van der Waals surface area contributed by atoms with Gasteiger partial charge in [-0.15, -0.1) is 0 Å². The van der Waals surface area contributed by atoms with Crippen LogP contribution in [0, 0.1) is 29.6 Å². The molecule has 15 bridgehead atoms. The largest absolute Gasteiger partial charge is 0.508 e. The topological polar surface area (TPSA) is 511 Å². The Kier molecular flexibility index (Phi) is 26.4. The van der Waals surface area contributed by atoms with Gasteiger partial charge in [0.25, 0.3) is 0 Å². The molecular formula is C87H95Cl2N11O23. The van der Waals surface area contributed by atoms with Crippen LogP contribution >= 0.6 is 23.2 Å². The molecule has 10 aliphatic rings. The Hall–Kier alpha value is -11.9. The van der Waals surface area contributed by atoms with Crippen molar-refractivity contribution < 1.29 is 112 Å². The molecule has 123 heavy (non-hydrogen) atoms. The van der Waals surface area contributed by atoms with Crippen molar-refractivity contribution in [3.05, 3.63) is 189 Å². The molecule has 3 unspecified atom stereocenters. The molecule has 19 N–H and O–H groups in total. The highest BCUT2D eigenvalue weighted by molar-refractivity contribution is 6.32. The Labute approximate surface area is 714 Å². The number of benzene rings is 7. The number of imide groups is 1. The highest BCUT2D eigenvalue weighted by atomic mass is 35.5. The summed E-state index contributed by atoms with van der Waals surface area (Å²) < 4.78 is 31.6. The molecule has 36 heteroatoms. The number of likely N-dealkylation sites (N-methyl/N-ethyl adjacent to an activating group) is 1. The van der Waals surface area contributed by atoms with E-state index < -0.39 is 227 Å². The molecule has 5 fully saturated rings. The first-order valence-electron chi connectivity index (χ1n) is 40.4. The maximum absolute atomic E-state index is 16.6. The monoisotopic (exact) mass is 1730 g/mol. The van der Waals surface area contributed by atoms with Crippen molar-refractivity contribution in [3.63, 3.8) is 0 Å². The van der Waals surface area contributed by atoms with Crippen LogP contribution in [0.4, 0.5) is 9.59 Å². The van der Waals surface area contributed by atoms with E-state index in [1.807, 2.05) is 13.8 Å². The van der Waals surface area contributed by atoms with Gasteiger partial charge in [-0.3, -0.25) is 43.7 Å². The van der Waals surface area contributed by atoms with E-state index in [0.29, 0.717) is 23.0 Å². The van der Waals surface area contributed by atoms with Crippen LogP contribution < -0.4 is 72.7 Å². The van der Waals surface area contributed by atoms with Crippen LogP contribution in [0.1, 0.15) is 154 Å². The number of hydrogen-bond donors (Lipinski definition) is 19. The first kappa shape index (κ1) is 87.5. The zero-order valence-electron chi connectivity index (χ0n) is 67.1. The minimum atomic E-state index is -2.42. The molecule has 0 spiro atoms. The van der Waals surface area contributed by atoms with Gasteiger partial charge in [0.05, 0.1) is 34.6 Å². The highest BCUT2D eigenvalue weighted by Crippen LogP contribution is 2.55. The van der Waals surface area contributed by atoms with Gasteiger partial charge in [-0.05, 0) is 183 Å². The molecule has 11 amide bonds. The van der Waals surface area contributed by atoms with Gasteiger partial charge in [-0.2, -0.15) is 0 Å². The summed E-state index contributed by atoms with van der Waals surface area (Å²) in [6, 6.07) is 14.6. The van der Waals surface area contributed by atoms with Crippen LogP contribution in [0.15, 0.2) is 140 Å². The van der Waals surface area contributed by atoms with Gasteiger partial charge in [0.2, 0.25) is 59.3 Å². The van der Waals surface area contributed by atoms with E-state index in [1.54, 1.807) is 74.5 Å². The van der Waals surface area contributed by atoms with E-state index in [1.165, 1.54) is 25.2 Å². The lowest BCUT2D eigenvalue weighted by molar-refractivity contribution is -0.277. The van der Waals surface area contributed by atoms with Gasteiger partial charge in [0.1, 0.15) is 108 Å². The molecule has 34 nitrogen and oxygen atoms in total. The van der Waals surface area contributed by atoms with Gasteiger partial charge in [-0.25, -0.2) is 9.59 Å². The minimum absolute atomic E-state index is 0.0563. The number of alkyl carbamates (subject to hydrolysis) is 1. The zero-order valence-corrected chi connectivity index (χ0v) is 68.6. The molecule has 6 aliphatic heterocycles. The normalized spacial score (nSPS) is 27.2. The summed E-state index contributed by atoms with van der Waals surface area (Å²) in [6.45, 7) is 6.11. The number of urea groups is 1. The van der Waals surface area contributed by atoms with Crippen LogP contribution in [-0.2, 0) is 47.8 Å². The molecule has 7 aromatic rings. The van der Waals surface area contributed by atoms with Gasteiger partial charge in [0.15, 0.2) is 11.5 Å². The van der Waals surface area contributed by atoms with E-state index in [0.717, 1.165) is 92.8 Å². The summed E-state index contributed by atoms with van der Waals surface area (Å²) in [7, 11) is 1.47. The van der Waals surface area contributed by atoms with Crippen molar-refractivity contribution in [2.75, 3.05) is 13.7 Å². The second-order valence-corrected chi connectivity index (χ2v) is 33.5. The minimum Gasteiger partial charge on any atom is -0.508 e. The number of phenolic OH excluding ortho intramolecular Hbond substituents is 3. The van der Waals surface area contributed by atoms with Crippen LogP contribution in [0.2, 0.25) is 10.0 Å². The standard InChI is InChI=1S/C87H95Cl2N11O23/c1-37(2)22-55(90-5)78(110)99-70-72(105)45-17-20-59(53(88)29-45)120-61-31-49-32-62(77(61)123-85-76(109)75(108)74(107)63(122-85)36-119-87(118)92-39(4)43-14-10-7-11-15-43)121-60-21-18-46(30-54(60)89)73(106)71-84(116)98-69(82(114)95-66-47-24-40-23-41(26-47)27-48(66)25-40)52-33-50(101)34-58(103)65(52)51-28-44(16-19-57(51)102)67(80(112)100-71)97-81(113)68(49)96-79(111)56(93-83(70)115)35-64(104)94-86(117)91-38(3)42-12-8-6-9-13-42/h6-21,28-34,37-41,47-48,55-56,63,66-76,85,90,101-103,105-109H,22-27,35-36H2,1-5H3,(H,92,118)(H,93,115)(H,95,114)(H,96,111)(H,97,113)(H,98,116)(H,99,110)(H,100,112)(H2,91,94,104,117)/t38-,39-,40?,41?,47?,48?,55+,56?,63+,66?,67+,68?,69+,70?,71-,72+,73+,74+,75-,76+,85+/m0/s1. The third-order valence-electron chi connectivity index (χ3n) is 23.7. The van der Waals surface area contributed by atoms with Gasteiger partial charge < -0.3 is 118 Å². The lowest BCUT2D eigenvalue weighted by Gasteiger charge is -2.54. The molecule has 0 radical (unpaired) electrons.